The van der Waals surface area contributed by atoms with Crippen LogP contribution >= 0.6 is 11.6 Å². The van der Waals surface area contributed by atoms with Gasteiger partial charge in [-0.05, 0) is 42.3 Å². The molecule has 2 aromatic rings. The Kier molecular flexibility index (Phi) is 5.57. The van der Waals surface area contributed by atoms with Crippen LogP contribution in [0.2, 0.25) is 5.02 Å². The van der Waals surface area contributed by atoms with Crippen molar-refractivity contribution in [2.45, 2.75) is 37.8 Å². The summed E-state index contributed by atoms with van der Waals surface area (Å²) in [6.07, 6.45) is 7.89. The summed E-state index contributed by atoms with van der Waals surface area (Å²) in [7, 11) is 2.32. The second-order valence-corrected chi connectivity index (χ2v) is 10.0. The molecule has 4 nitrogen and oxygen atoms in total. The van der Waals surface area contributed by atoms with Gasteiger partial charge < -0.3 is 14.4 Å². The van der Waals surface area contributed by atoms with Crippen LogP contribution in [0.4, 0.5) is 0 Å². The molecule has 158 valence electrons. The fourth-order valence-corrected chi connectivity index (χ4v) is 5.98. The molecular weight excluding hydrogens is 394 g/mol. The molecule has 3 atom stereocenters. The highest BCUT2D eigenvalue weighted by molar-refractivity contribution is 6.30. The highest BCUT2D eigenvalue weighted by Crippen LogP contribution is 2.31. The van der Waals surface area contributed by atoms with Crippen LogP contribution in [0.3, 0.4) is 0 Å². The van der Waals surface area contributed by atoms with Crippen molar-refractivity contribution in [1.29, 1.82) is 0 Å². The summed E-state index contributed by atoms with van der Waals surface area (Å²) in [5.41, 5.74) is 3.25. The van der Waals surface area contributed by atoms with Crippen LogP contribution in [-0.2, 0) is 6.54 Å². The molecule has 3 aliphatic rings. The summed E-state index contributed by atoms with van der Waals surface area (Å²) in [5, 5.41) is 0.727. The van der Waals surface area contributed by atoms with Crippen LogP contribution in [0.25, 0.3) is 12.2 Å². The third-order valence-corrected chi connectivity index (χ3v) is 7.77. The number of quaternary nitrogens is 2. The molecule has 2 N–H and O–H groups in total. The number of halogens is 1. The number of nitrogens with one attached hydrogen (secondary N) is 2. The zero-order chi connectivity index (χ0) is 20.7. The fraction of sp³-hybridized carbons (Fsp3) is 0.480. The van der Waals surface area contributed by atoms with Gasteiger partial charge in [0.2, 0.25) is 0 Å². The number of likely N-dealkylation sites (tertiary alicyclic amines) is 2. The van der Waals surface area contributed by atoms with Crippen molar-refractivity contribution >= 4 is 23.8 Å². The Bertz CT molecular complexity index is 988. The molecule has 4 heterocycles. The molecule has 1 aromatic heterocycles. The minimum absolute atomic E-state index is 0.166. The van der Waals surface area contributed by atoms with E-state index in [-0.39, 0.29) is 5.56 Å². The summed E-state index contributed by atoms with van der Waals surface area (Å²) >= 11 is 5.97. The van der Waals surface area contributed by atoms with E-state index in [1.54, 1.807) is 9.80 Å². The van der Waals surface area contributed by atoms with Crippen LogP contribution in [0, 0.1) is 5.92 Å². The van der Waals surface area contributed by atoms with Gasteiger partial charge in [0.15, 0.2) is 0 Å². The van der Waals surface area contributed by atoms with Crippen molar-refractivity contribution in [1.82, 2.24) is 4.57 Å². The van der Waals surface area contributed by atoms with E-state index in [0.717, 1.165) is 28.7 Å². The van der Waals surface area contributed by atoms with Crippen LogP contribution < -0.4 is 15.4 Å². The van der Waals surface area contributed by atoms with E-state index < -0.39 is 0 Å². The van der Waals surface area contributed by atoms with Gasteiger partial charge in [-0.15, -0.1) is 0 Å². The Balaban J connectivity index is 1.36. The number of piperidine rings is 2. The van der Waals surface area contributed by atoms with Crippen LogP contribution in [0.5, 0.6) is 0 Å². The van der Waals surface area contributed by atoms with E-state index in [4.69, 9.17) is 11.6 Å². The van der Waals surface area contributed by atoms with Crippen molar-refractivity contribution < 1.29 is 9.80 Å². The maximum absolute atomic E-state index is 13.2. The van der Waals surface area contributed by atoms with E-state index in [0.29, 0.717) is 11.8 Å². The van der Waals surface area contributed by atoms with Gasteiger partial charge in [0, 0.05) is 47.5 Å². The first kappa shape index (κ1) is 20.0. The molecule has 1 aromatic carbocycles. The van der Waals surface area contributed by atoms with E-state index in [1.165, 1.54) is 51.1 Å². The molecule has 2 fully saturated rings. The second kappa shape index (κ2) is 8.33. The molecule has 1 unspecified atom stereocenters. The lowest BCUT2D eigenvalue weighted by Gasteiger charge is -2.44. The Morgan fingerprint density at radius 3 is 2.57 bits per heavy atom. The predicted molar refractivity (Wildman–Crippen MR) is 122 cm³/mol. The Labute approximate surface area is 183 Å². The first-order valence-electron chi connectivity index (χ1n) is 11.4. The number of fused-ring (bicyclic) bond motifs is 4. The zero-order valence-electron chi connectivity index (χ0n) is 17.7. The average Bonchev–Trinajstić information content (AvgIpc) is 2.75. The van der Waals surface area contributed by atoms with E-state index >= 15 is 0 Å². The van der Waals surface area contributed by atoms with Gasteiger partial charge in [0.25, 0.3) is 5.56 Å². The Morgan fingerprint density at radius 2 is 1.80 bits per heavy atom. The van der Waals surface area contributed by atoms with Gasteiger partial charge in [-0.3, -0.25) is 4.79 Å². The summed E-state index contributed by atoms with van der Waals surface area (Å²) in [6, 6.07) is 12.8. The van der Waals surface area contributed by atoms with Crippen molar-refractivity contribution in [3.05, 3.63) is 68.6 Å². The highest BCUT2D eigenvalue weighted by atomic mass is 35.5. The maximum Gasteiger partial charge on any atom is 0.258 e. The molecule has 2 saturated heterocycles. The van der Waals surface area contributed by atoms with Crippen LogP contribution in [-0.4, -0.2) is 43.8 Å². The topological polar surface area (TPSA) is 30.9 Å². The van der Waals surface area contributed by atoms with Crippen LogP contribution in [0.15, 0.2) is 41.2 Å². The predicted octanol–water partition coefficient (Wildman–Crippen LogP) is 1.35. The lowest BCUT2D eigenvalue weighted by molar-refractivity contribution is -0.959. The third kappa shape index (κ3) is 4.01. The quantitative estimate of drug-likeness (QED) is 0.764. The maximum atomic E-state index is 13.2. The van der Waals surface area contributed by atoms with Gasteiger partial charge in [-0.1, -0.05) is 29.8 Å². The van der Waals surface area contributed by atoms with Crippen molar-refractivity contribution in [2.75, 3.05) is 33.2 Å². The smallest absolute Gasteiger partial charge is 0.258 e. The molecule has 30 heavy (non-hydrogen) atoms. The third-order valence-electron chi connectivity index (χ3n) is 7.52. The van der Waals surface area contributed by atoms with Crippen molar-refractivity contribution in [2.24, 2.45) is 5.92 Å². The lowest BCUT2D eigenvalue weighted by Crippen LogP contribution is -3.21. The molecule has 3 aliphatic heterocycles. The van der Waals surface area contributed by atoms with E-state index in [9.17, 15) is 4.79 Å². The number of benzene rings is 1. The van der Waals surface area contributed by atoms with Gasteiger partial charge >= 0.3 is 0 Å². The summed E-state index contributed by atoms with van der Waals surface area (Å²) in [4.78, 5) is 16.7. The first-order chi connectivity index (χ1) is 14.6. The standard InChI is InChI=1S/C25H30ClN3O/c1-27-12-10-23(11-13-27)28-15-19-14-21(17-28)24-9-6-20(25(30)29(24)16-19)5-2-18-3-7-22(26)8-4-18/h2-9,19,21,23H,10-17H2,1H3/p+2/b5-2+/t19-,21+/m0/s1. The van der Waals surface area contributed by atoms with E-state index in [2.05, 4.69) is 17.7 Å². The summed E-state index contributed by atoms with van der Waals surface area (Å²) in [5.74, 6) is 1.16. The number of pyridine rings is 1. The van der Waals surface area contributed by atoms with Gasteiger partial charge in [-0.2, -0.15) is 0 Å². The fourth-order valence-electron chi connectivity index (χ4n) is 5.86. The minimum atomic E-state index is 0.166. The second-order valence-electron chi connectivity index (χ2n) is 9.61. The Morgan fingerprint density at radius 1 is 1.03 bits per heavy atom. The number of hydrogen-bond acceptors (Lipinski definition) is 1. The molecule has 0 aliphatic carbocycles. The minimum Gasteiger partial charge on any atom is -0.337 e. The molecule has 5 heteroatoms. The van der Waals surface area contributed by atoms with Gasteiger partial charge in [0.1, 0.15) is 0 Å². The number of hydrogen-bond donors (Lipinski definition) is 2. The molecule has 0 amide bonds. The number of nitrogens with zero attached hydrogens (tertiary/aromatic N) is 1. The Hall–Kier alpha value is -1.88. The monoisotopic (exact) mass is 425 g/mol. The normalized spacial score (nSPS) is 30.9. The molecule has 0 saturated carbocycles. The van der Waals surface area contributed by atoms with Gasteiger partial charge in [-0.25, -0.2) is 0 Å². The van der Waals surface area contributed by atoms with Gasteiger partial charge in [0.05, 0.1) is 39.3 Å². The highest BCUT2D eigenvalue weighted by Gasteiger charge is 2.41. The zero-order valence-corrected chi connectivity index (χ0v) is 18.5. The molecular formula is C25H32ClN3O+2. The lowest BCUT2D eigenvalue weighted by atomic mass is 9.81. The average molecular weight is 426 g/mol. The van der Waals surface area contributed by atoms with Crippen molar-refractivity contribution in [3.8, 4) is 0 Å². The molecule has 0 spiro atoms. The first-order valence-corrected chi connectivity index (χ1v) is 11.8. The number of rotatable bonds is 3. The SMILES string of the molecule is C[NH+]1CCC([NH+]2C[C@@H]3C[C@H](C2)c2ccc(/C=C/c4ccc(Cl)cc4)c(=O)n2C3)CC1. The molecule has 2 bridgehead atoms. The van der Waals surface area contributed by atoms with E-state index in [1.807, 2.05) is 42.5 Å². The summed E-state index contributed by atoms with van der Waals surface area (Å²) in [6.45, 7) is 5.93. The summed E-state index contributed by atoms with van der Waals surface area (Å²) < 4.78 is 2.08. The number of aromatic nitrogens is 1. The molecule has 5 rings (SSSR count). The van der Waals surface area contributed by atoms with Crippen molar-refractivity contribution in [3.63, 3.8) is 0 Å². The van der Waals surface area contributed by atoms with Crippen LogP contribution in [0.1, 0.15) is 42.0 Å². The largest absolute Gasteiger partial charge is 0.337 e. The molecule has 0 radical (unpaired) electrons.